The van der Waals surface area contributed by atoms with Gasteiger partial charge >= 0.3 is 0 Å². The fraction of sp³-hybridized carbons (Fsp3) is 0.154. The average molecular weight is 403 g/mol. The number of nitrogens with zero attached hydrogens (tertiary/aromatic N) is 3. The molecule has 2 atom stereocenters. The third-order valence-corrected chi connectivity index (χ3v) is 6.79. The van der Waals surface area contributed by atoms with Crippen molar-refractivity contribution < 1.29 is 9.59 Å². The van der Waals surface area contributed by atoms with Gasteiger partial charge in [-0.25, -0.2) is 0 Å². The van der Waals surface area contributed by atoms with E-state index in [1.807, 2.05) is 24.3 Å². The molecule has 31 heavy (non-hydrogen) atoms. The molecule has 5 nitrogen and oxygen atoms in total. The minimum Gasteiger partial charge on any atom is -0.272 e. The lowest BCUT2D eigenvalue weighted by Crippen LogP contribution is -2.41. The van der Waals surface area contributed by atoms with Gasteiger partial charge in [0.25, 0.3) is 11.8 Å². The Morgan fingerprint density at radius 3 is 1.61 bits per heavy atom. The summed E-state index contributed by atoms with van der Waals surface area (Å²) in [4.78, 5) is 26.9. The first kappa shape index (κ1) is 17.8. The van der Waals surface area contributed by atoms with E-state index in [-0.39, 0.29) is 23.7 Å². The van der Waals surface area contributed by atoms with Gasteiger partial charge in [0, 0.05) is 11.8 Å². The Labute approximate surface area is 179 Å². The molecule has 7 rings (SSSR count). The van der Waals surface area contributed by atoms with E-state index in [1.54, 1.807) is 24.3 Å². The van der Waals surface area contributed by atoms with Crippen LogP contribution in [0.3, 0.4) is 0 Å². The summed E-state index contributed by atoms with van der Waals surface area (Å²) < 4.78 is 0. The Hall–Kier alpha value is -4.04. The highest BCUT2D eigenvalue weighted by Crippen LogP contribution is 2.60. The summed E-state index contributed by atoms with van der Waals surface area (Å²) in [5, 5.41) is 14.3. The third kappa shape index (κ3) is 2.39. The summed E-state index contributed by atoms with van der Waals surface area (Å²) in [6, 6.07) is 25.3. The molecule has 1 fully saturated rings. The Morgan fingerprint density at radius 2 is 1.19 bits per heavy atom. The van der Waals surface area contributed by atoms with E-state index >= 15 is 0 Å². The standard InChI is InChI=1S/C26H17N3O2/c27-13-15-9-11-16(12-10-15)14-28-29-25(30)23-21-17-5-1-2-6-18(17)22(24(23)26(29)31)20-8-4-3-7-19(20)21/h1-12,14,21-24H/b28-14-/t21?,22?,23-,24+. The van der Waals surface area contributed by atoms with Crippen molar-refractivity contribution in [2.45, 2.75) is 11.8 Å². The predicted molar refractivity (Wildman–Crippen MR) is 114 cm³/mol. The minimum atomic E-state index is -0.430. The SMILES string of the molecule is N#Cc1ccc(/C=N\N2C(=O)[C@@H]3C4c5ccccc5C(c5ccccc54)[C@@H]3C2=O)cc1. The lowest BCUT2D eigenvalue weighted by molar-refractivity contribution is -0.139. The van der Waals surface area contributed by atoms with Crippen LogP contribution in [-0.2, 0) is 9.59 Å². The van der Waals surface area contributed by atoms with Gasteiger partial charge in [-0.3, -0.25) is 9.59 Å². The first-order valence-corrected chi connectivity index (χ1v) is 10.3. The maximum atomic E-state index is 13.4. The van der Waals surface area contributed by atoms with Crippen LogP contribution in [0.25, 0.3) is 0 Å². The molecule has 3 aromatic rings. The van der Waals surface area contributed by atoms with Crippen LogP contribution in [0, 0.1) is 23.2 Å². The van der Waals surface area contributed by atoms with E-state index in [4.69, 9.17) is 5.26 Å². The van der Waals surface area contributed by atoms with Crippen LogP contribution in [0.1, 0.15) is 45.2 Å². The molecule has 2 amide bonds. The van der Waals surface area contributed by atoms with E-state index in [0.29, 0.717) is 5.56 Å². The number of benzene rings is 3. The monoisotopic (exact) mass is 403 g/mol. The molecule has 0 N–H and O–H groups in total. The van der Waals surface area contributed by atoms with Crippen LogP contribution in [-0.4, -0.2) is 23.0 Å². The number of carbonyl (C=O) groups is 2. The Kier molecular flexibility index (Phi) is 3.72. The largest absolute Gasteiger partial charge is 0.272 e. The van der Waals surface area contributed by atoms with Gasteiger partial charge < -0.3 is 0 Å². The van der Waals surface area contributed by atoms with Gasteiger partial charge in [0.1, 0.15) is 0 Å². The topological polar surface area (TPSA) is 73.5 Å². The molecule has 1 heterocycles. The van der Waals surface area contributed by atoms with Crippen molar-refractivity contribution in [2.24, 2.45) is 16.9 Å². The number of rotatable bonds is 2. The van der Waals surface area contributed by atoms with Gasteiger partial charge in [0.05, 0.1) is 29.7 Å². The number of nitriles is 1. The lowest BCUT2D eigenvalue weighted by Gasteiger charge is -2.45. The number of hydrogen-bond donors (Lipinski definition) is 0. The van der Waals surface area contributed by atoms with E-state index < -0.39 is 11.8 Å². The Bertz CT molecular complexity index is 1200. The van der Waals surface area contributed by atoms with Gasteiger partial charge in [0.2, 0.25) is 0 Å². The average Bonchev–Trinajstić information content (AvgIpc) is 3.08. The first-order valence-electron chi connectivity index (χ1n) is 10.3. The molecule has 0 radical (unpaired) electrons. The molecule has 0 unspecified atom stereocenters. The molecule has 0 spiro atoms. The van der Waals surface area contributed by atoms with E-state index in [1.165, 1.54) is 6.21 Å². The lowest BCUT2D eigenvalue weighted by atomic mass is 9.55. The van der Waals surface area contributed by atoms with Crippen molar-refractivity contribution in [1.29, 1.82) is 5.26 Å². The summed E-state index contributed by atoms with van der Waals surface area (Å²) in [5.41, 5.74) is 5.85. The van der Waals surface area contributed by atoms with Gasteiger partial charge in [0.15, 0.2) is 0 Å². The van der Waals surface area contributed by atoms with Gasteiger partial charge in [-0.15, -0.1) is 0 Å². The summed E-state index contributed by atoms with van der Waals surface area (Å²) in [5.74, 6) is -1.60. The zero-order chi connectivity index (χ0) is 21.1. The normalized spacial score (nSPS) is 25.3. The third-order valence-electron chi connectivity index (χ3n) is 6.79. The quantitative estimate of drug-likeness (QED) is 0.483. The summed E-state index contributed by atoms with van der Waals surface area (Å²) >= 11 is 0. The fourth-order valence-corrected chi connectivity index (χ4v) is 5.54. The first-order chi connectivity index (χ1) is 15.2. The number of imide groups is 1. The highest BCUT2D eigenvalue weighted by molar-refractivity contribution is 6.08. The summed E-state index contributed by atoms with van der Waals surface area (Å²) in [6.07, 6.45) is 1.51. The van der Waals surface area contributed by atoms with Gasteiger partial charge in [-0.05, 0) is 39.9 Å². The molecule has 0 saturated carbocycles. The van der Waals surface area contributed by atoms with Crippen molar-refractivity contribution in [3.05, 3.63) is 106 Å². The van der Waals surface area contributed by atoms with Gasteiger partial charge in [-0.2, -0.15) is 15.4 Å². The second-order valence-electron chi connectivity index (χ2n) is 8.23. The molecule has 2 bridgehead atoms. The van der Waals surface area contributed by atoms with Crippen molar-refractivity contribution in [3.63, 3.8) is 0 Å². The molecular weight excluding hydrogens is 386 g/mol. The van der Waals surface area contributed by atoms with Crippen molar-refractivity contribution in [2.75, 3.05) is 0 Å². The van der Waals surface area contributed by atoms with Crippen LogP contribution >= 0.6 is 0 Å². The van der Waals surface area contributed by atoms with Crippen LogP contribution in [0.2, 0.25) is 0 Å². The van der Waals surface area contributed by atoms with Crippen LogP contribution in [0.15, 0.2) is 77.9 Å². The molecule has 3 aromatic carbocycles. The number of hydrazone groups is 1. The van der Waals surface area contributed by atoms with Crippen LogP contribution in [0.4, 0.5) is 0 Å². The Balaban J connectivity index is 1.42. The van der Waals surface area contributed by atoms with Crippen molar-refractivity contribution in [1.82, 2.24) is 5.01 Å². The smallest absolute Gasteiger partial charge is 0.254 e. The highest BCUT2D eigenvalue weighted by atomic mass is 16.2. The molecule has 5 heteroatoms. The molecular formula is C26H17N3O2. The Morgan fingerprint density at radius 1 is 0.742 bits per heavy atom. The van der Waals surface area contributed by atoms with Gasteiger partial charge in [-0.1, -0.05) is 60.7 Å². The maximum Gasteiger partial charge on any atom is 0.254 e. The summed E-state index contributed by atoms with van der Waals surface area (Å²) in [7, 11) is 0. The molecule has 148 valence electrons. The second kappa shape index (κ2) is 6.48. The minimum absolute atomic E-state index is 0.131. The molecule has 4 aliphatic rings. The van der Waals surface area contributed by atoms with E-state index in [9.17, 15) is 9.59 Å². The summed E-state index contributed by atoms with van der Waals surface area (Å²) in [6.45, 7) is 0. The predicted octanol–water partition coefficient (Wildman–Crippen LogP) is 3.78. The maximum absolute atomic E-state index is 13.4. The number of hydrogen-bond acceptors (Lipinski definition) is 4. The van der Waals surface area contributed by atoms with Crippen molar-refractivity contribution in [3.8, 4) is 6.07 Å². The second-order valence-corrected chi connectivity index (χ2v) is 8.23. The van der Waals surface area contributed by atoms with Crippen LogP contribution < -0.4 is 0 Å². The molecule has 0 aromatic heterocycles. The van der Waals surface area contributed by atoms with E-state index in [0.717, 1.165) is 32.8 Å². The molecule has 3 aliphatic carbocycles. The highest BCUT2D eigenvalue weighted by Gasteiger charge is 2.61. The van der Waals surface area contributed by atoms with Crippen LogP contribution in [0.5, 0.6) is 0 Å². The fourth-order valence-electron chi connectivity index (χ4n) is 5.54. The van der Waals surface area contributed by atoms with E-state index in [2.05, 4.69) is 35.4 Å². The molecule has 1 saturated heterocycles. The zero-order valence-corrected chi connectivity index (χ0v) is 16.5. The number of carbonyl (C=O) groups excluding carboxylic acids is 2. The molecule has 1 aliphatic heterocycles. The zero-order valence-electron chi connectivity index (χ0n) is 16.5. The van der Waals surface area contributed by atoms with Crippen molar-refractivity contribution >= 4 is 18.0 Å². The number of amides is 2.